The first-order valence-electron chi connectivity index (χ1n) is 7.34. The topological polar surface area (TPSA) is 81.8 Å². The van der Waals surface area contributed by atoms with Crippen molar-refractivity contribution in [2.75, 3.05) is 19.8 Å². The van der Waals surface area contributed by atoms with Gasteiger partial charge < -0.3 is 5.01 Å². The molecule has 1 amide bonds. The Balaban J connectivity index is 1.80. The molecular formula is C14H24N4O3S. The second kappa shape index (κ2) is 6.29. The van der Waals surface area contributed by atoms with E-state index in [1.807, 2.05) is 0 Å². The van der Waals surface area contributed by atoms with Gasteiger partial charge in [-0.25, -0.2) is 8.42 Å². The zero-order chi connectivity index (χ0) is 16.5. The minimum atomic E-state index is -3.76. The second-order valence-electron chi connectivity index (χ2n) is 6.03. The molecule has 0 saturated heterocycles. The molecule has 2 rings (SSSR count). The Morgan fingerprint density at radius 3 is 1.95 bits per heavy atom. The zero-order valence-electron chi connectivity index (χ0n) is 13.1. The molecule has 2 fully saturated rings. The van der Waals surface area contributed by atoms with Crippen molar-refractivity contribution in [1.82, 2.24) is 20.3 Å². The summed E-state index contributed by atoms with van der Waals surface area (Å²) in [4.78, 5) is 14.2. The Labute approximate surface area is 132 Å². The minimum Gasteiger partial charge on any atom is -0.302 e. The maximum Gasteiger partial charge on any atom is 0.255 e. The van der Waals surface area contributed by atoms with Crippen molar-refractivity contribution >= 4 is 15.9 Å². The van der Waals surface area contributed by atoms with Crippen LogP contribution in [0.4, 0.5) is 0 Å². The molecule has 22 heavy (non-hydrogen) atoms. The summed E-state index contributed by atoms with van der Waals surface area (Å²) >= 11 is 0. The Kier molecular flexibility index (Phi) is 4.81. The molecule has 2 aliphatic carbocycles. The molecule has 2 N–H and O–H groups in total. The van der Waals surface area contributed by atoms with Gasteiger partial charge in [0.2, 0.25) is 10.0 Å². The minimum absolute atomic E-state index is 0.342. The first-order valence-corrected chi connectivity index (χ1v) is 8.99. The Bertz CT molecular complexity index is 579. The molecule has 0 aromatic rings. The van der Waals surface area contributed by atoms with Gasteiger partial charge in [-0.1, -0.05) is 13.2 Å². The Morgan fingerprint density at radius 2 is 1.50 bits per heavy atom. The maximum atomic E-state index is 12.0. The SMILES string of the molecule is C=C(C1CC1)N(C)NC(=O)CS(=O)(=O)NN(C)C(=C)C1CC1. The van der Waals surface area contributed by atoms with Crippen molar-refractivity contribution in [2.24, 2.45) is 11.8 Å². The van der Waals surface area contributed by atoms with Crippen molar-refractivity contribution in [3.05, 3.63) is 24.6 Å². The van der Waals surface area contributed by atoms with Gasteiger partial charge in [-0.2, -0.15) is 0 Å². The highest BCUT2D eigenvalue weighted by Gasteiger charge is 2.30. The van der Waals surface area contributed by atoms with E-state index in [-0.39, 0.29) is 0 Å². The molecule has 0 radical (unpaired) electrons. The van der Waals surface area contributed by atoms with Crippen LogP contribution in [-0.4, -0.2) is 44.2 Å². The summed E-state index contributed by atoms with van der Waals surface area (Å²) in [6.07, 6.45) is 4.18. The summed E-state index contributed by atoms with van der Waals surface area (Å²) < 4.78 is 24.0. The van der Waals surface area contributed by atoms with Crippen LogP contribution in [0.3, 0.4) is 0 Å². The van der Waals surface area contributed by atoms with Gasteiger partial charge in [-0.05, 0) is 31.6 Å². The fourth-order valence-electron chi connectivity index (χ4n) is 2.14. The highest BCUT2D eigenvalue weighted by atomic mass is 32.2. The van der Waals surface area contributed by atoms with Crippen molar-refractivity contribution in [2.45, 2.75) is 25.7 Å². The van der Waals surface area contributed by atoms with E-state index in [1.165, 1.54) is 10.0 Å². The molecular weight excluding hydrogens is 304 g/mol. The standard InChI is InChI=1S/C14H24N4O3S/c1-10(12-5-6-12)17(3)15-14(19)9-22(20,21)16-18(4)11(2)13-7-8-13/h12-13,16H,1-2,5-9H2,3-4H3,(H,15,19). The lowest BCUT2D eigenvalue weighted by Gasteiger charge is -2.24. The van der Waals surface area contributed by atoms with Crippen LogP contribution < -0.4 is 10.3 Å². The van der Waals surface area contributed by atoms with Gasteiger partial charge in [0.05, 0.1) is 0 Å². The summed E-state index contributed by atoms with van der Waals surface area (Å²) in [5, 5.41) is 2.88. The average molecular weight is 328 g/mol. The number of carbonyl (C=O) groups is 1. The molecule has 0 aromatic carbocycles. The molecule has 0 spiro atoms. The molecule has 0 heterocycles. The number of hydrazine groups is 2. The molecule has 7 nitrogen and oxygen atoms in total. The summed E-state index contributed by atoms with van der Waals surface area (Å²) in [6.45, 7) is 7.75. The number of carbonyl (C=O) groups excluding carboxylic acids is 1. The molecule has 0 unspecified atom stereocenters. The molecule has 2 saturated carbocycles. The summed E-state index contributed by atoms with van der Waals surface area (Å²) in [6, 6.07) is 0. The fraction of sp³-hybridized carbons (Fsp3) is 0.643. The van der Waals surface area contributed by atoms with Crippen LogP contribution in [-0.2, 0) is 14.8 Å². The van der Waals surface area contributed by atoms with Crippen molar-refractivity contribution in [3.8, 4) is 0 Å². The normalized spacial score (nSPS) is 17.7. The van der Waals surface area contributed by atoms with Crippen LogP contribution in [0.2, 0.25) is 0 Å². The van der Waals surface area contributed by atoms with Crippen LogP contribution in [0.1, 0.15) is 25.7 Å². The third kappa shape index (κ3) is 4.74. The quantitative estimate of drug-likeness (QED) is 0.605. The largest absolute Gasteiger partial charge is 0.302 e. The third-order valence-electron chi connectivity index (χ3n) is 3.85. The maximum absolute atomic E-state index is 12.0. The first-order chi connectivity index (χ1) is 10.2. The number of nitrogens with one attached hydrogen (secondary N) is 2. The van der Waals surface area contributed by atoms with Gasteiger partial charge >= 0.3 is 0 Å². The van der Waals surface area contributed by atoms with Gasteiger partial charge in [0, 0.05) is 31.4 Å². The van der Waals surface area contributed by atoms with Gasteiger partial charge in [-0.3, -0.25) is 15.2 Å². The summed E-state index contributed by atoms with van der Waals surface area (Å²) in [5.41, 5.74) is 4.06. The van der Waals surface area contributed by atoms with Gasteiger partial charge in [0.25, 0.3) is 5.91 Å². The predicted molar refractivity (Wildman–Crippen MR) is 84.3 cm³/mol. The smallest absolute Gasteiger partial charge is 0.255 e. The van der Waals surface area contributed by atoms with Gasteiger partial charge in [-0.15, -0.1) is 4.83 Å². The number of allylic oxidation sites excluding steroid dienone is 2. The molecule has 2 aliphatic rings. The van der Waals surface area contributed by atoms with E-state index in [9.17, 15) is 13.2 Å². The molecule has 8 heteroatoms. The number of sulfonamides is 1. The van der Waals surface area contributed by atoms with Crippen LogP contribution in [0.15, 0.2) is 24.6 Å². The number of hydrogen-bond donors (Lipinski definition) is 2. The highest BCUT2D eigenvalue weighted by Crippen LogP contribution is 2.36. The van der Waals surface area contributed by atoms with Crippen molar-refractivity contribution < 1.29 is 13.2 Å². The Hall–Kier alpha value is -1.54. The molecule has 124 valence electrons. The van der Waals surface area contributed by atoms with E-state index < -0.39 is 21.7 Å². The number of rotatable bonds is 9. The lowest BCUT2D eigenvalue weighted by atomic mass is 10.3. The van der Waals surface area contributed by atoms with E-state index in [0.717, 1.165) is 37.1 Å². The van der Waals surface area contributed by atoms with Crippen LogP contribution in [0.25, 0.3) is 0 Å². The lowest BCUT2D eigenvalue weighted by molar-refractivity contribution is -0.122. The highest BCUT2D eigenvalue weighted by molar-refractivity contribution is 7.90. The number of hydrogen-bond acceptors (Lipinski definition) is 5. The number of amides is 1. The Morgan fingerprint density at radius 1 is 1.05 bits per heavy atom. The zero-order valence-corrected chi connectivity index (χ0v) is 13.9. The van der Waals surface area contributed by atoms with Crippen LogP contribution in [0.5, 0.6) is 0 Å². The van der Waals surface area contributed by atoms with Gasteiger partial charge in [0.15, 0.2) is 0 Å². The average Bonchev–Trinajstić information content (AvgIpc) is 3.27. The van der Waals surface area contributed by atoms with E-state index in [2.05, 4.69) is 23.4 Å². The first kappa shape index (κ1) is 16.8. The lowest BCUT2D eigenvalue weighted by Crippen LogP contribution is -2.46. The van der Waals surface area contributed by atoms with Crippen molar-refractivity contribution in [3.63, 3.8) is 0 Å². The van der Waals surface area contributed by atoms with Crippen molar-refractivity contribution in [1.29, 1.82) is 0 Å². The van der Waals surface area contributed by atoms with Gasteiger partial charge in [0.1, 0.15) is 5.75 Å². The van der Waals surface area contributed by atoms with E-state index in [0.29, 0.717) is 11.8 Å². The van der Waals surface area contributed by atoms with E-state index >= 15 is 0 Å². The summed E-state index contributed by atoms with van der Waals surface area (Å²) in [7, 11) is -0.499. The molecule has 0 atom stereocenters. The monoisotopic (exact) mass is 328 g/mol. The van der Waals surface area contributed by atoms with Crippen LogP contribution >= 0.6 is 0 Å². The summed E-state index contributed by atoms with van der Waals surface area (Å²) in [5.74, 6) is -0.498. The predicted octanol–water partition coefficient (Wildman–Crippen LogP) is 0.563. The van der Waals surface area contributed by atoms with E-state index in [1.54, 1.807) is 14.1 Å². The molecule has 0 aliphatic heterocycles. The van der Waals surface area contributed by atoms with Crippen LogP contribution in [0, 0.1) is 11.8 Å². The number of nitrogens with zero attached hydrogens (tertiary/aromatic N) is 2. The molecule has 0 bridgehead atoms. The molecule has 0 aromatic heterocycles. The van der Waals surface area contributed by atoms with E-state index in [4.69, 9.17) is 0 Å². The fourth-order valence-corrected chi connectivity index (χ4v) is 3.15. The second-order valence-corrected chi connectivity index (χ2v) is 7.74. The third-order valence-corrected chi connectivity index (χ3v) is 5.04.